The van der Waals surface area contributed by atoms with Crippen molar-refractivity contribution >= 4 is 29.4 Å². The van der Waals surface area contributed by atoms with Crippen molar-refractivity contribution in [3.8, 4) is 0 Å². The quantitative estimate of drug-likeness (QED) is 0.290. The monoisotopic (exact) mass is 481 g/mol. The third-order valence-electron chi connectivity index (χ3n) is 5.59. The van der Waals surface area contributed by atoms with Gasteiger partial charge in [0, 0.05) is 51.7 Å². The lowest BCUT2D eigenvalue weighted by molar-refractivity contribution is -0.140. The minimum atomic E-state index is -0.341. The SMILES string of the molecule is CC(C)(C)CC(=O)NCCCC(=O)CCOCCNC(=O)CCN1C(=O)CC(C(C)(C)C)C1=O. The second-order valence-corrected chi connectivity index (χ2v) is 11.2. The van der Waals surface area contributed by atoms with E-state index in [1.165, 1.54) is 4.90 Å². The predicted octanol–water partition coefficient (Wildman–Crippen LogP) is 2.22. The molecule has 1 saturated heterocycles. The van der Waals surface area contributed by atoms with Crippen molar-refractivity contribution in [1.29, 1.82) is 0 Å². The standard InChI is InChI=1S/C25H43N3O6/c1-24(2,3)17-21(31)26-11-7-8-18(29)10-14-34-15-12-27-20(30)9-13-28-22(32)16-19(23(28)33)25(4,5)6/h19H,7-17H2,1-6H3,(H,26,31)(H,27,30). The summed E-state index contributed by atoms with van der Waals surface area (Å²) in [6.07, 6.45) is 1.99. The molecular weight excluding hydrogens is 438 g/mol. The van der Waals surface area contributed by atoms with Crippen LogP contribution in [-0.4, -0.2) is 67.2 Å². The molecule has 0 spiro atoms. The molecule has 1 rings (SSSR count). The Morgan fingerprint density at radius 1 is 0.912 bits per heavy atom. The van der Waals surface area contributed by atoms with Crippen molar-refractivity contribution in [2.75, 3.05) is 32.8 Å². The predicted molar refractivity (Wildman–Crippen MR) is 129 cm³/mol. The minimum absolute atomic E-state index is 0.00180. The van der Waals surface area contributed by atoms with Gasteiger partial charge in [0.2, 0.25) is 23.6 Å². The molecule has 0 bridgehead atoms. The number of hydrogen-bond acceptors (Lipinski definition) is 6. The molecule has 1 fully saturated rings. The van der Waals surface area contributed by atoms with E-state index in [2.05, 4.69) is 10.6 Å². The zero-order valence-electron chi connectivity index (χ0n) is 21.8. The average Bonchev–Trinajstić information content (AvgIpc) is 2.99. The fraction of sp³-hybridized carbons (Fsp3) is 0.800. The Labute approximate surface area is 203 Å². The number of carbonyl (C=O) groups excluding carboxylic acids is 5. The van der Waals surface area contributed by atoms with Crippen LogP contribution in [0.1, 0.15) is 80.1 Å². The van der Waals surface area contributed by atoms with Crippen LogP contribution in [0, 0.1) is 16.7 Å². The lowest BCUT2D eigenvalue weighted by atomic mass is 9.80. The van der Waals surface area contributed by atoms with Crippen molar-refractivity contribution in [3.63, 3.8) is 0 Å². The topological polar surface area (TPSA) is 122 Å². The largest absolute Gasteiger partial charge is 0.379 e. The molecule has 0 saturated carbocycles. The van der Waals surface area contributed by atoms with E-state index in [-0.39, 0.29) is 85.2 Å². The van der Waals surface area contributed by atoms with Gasteiger partial charge in [-0.15, -0.1) is 0 Å². The van der Waals surface area contributed by atoms with Crippen LogP contribution in [0.2, 0.25) is 0 Å². The summed E-state index contributed by atoms with van der Waals surface area (Å²) in [6, 6.07) is 0. The van der Waals surface area contributed by atoms with Crippen molar-refractivity contribution in [2.24, 2.45) is 16.7 Å². The number of ether oxygens (including phenoxy) is 1. The first-order chi connectivity index (χ1) is 15.7. The third kappa shape index (κ3) is 11.7. The molecule has 0 aromatic carbocycles. The van der Waals surface area contributed by atoms with Gasteiger partial charge in [0.15, 0.2) is 0 Å². The molecule has 0 aliphatic carbocycles. The molecule has 4 amide bonds. The maximum Gasteiger partial charge on any atom is 0.233 e. The van der Waals surface area contributed by atoms with E-state index in [9.17, 15) is 24.0 Å². The van der Waals surface area contributed by atoms with Gasteiger partial charge in [-0.1, -0.05) is 41.5 Å². The Morgan fingerprint density at radius 3 is 2.15 bits per heavy atom. The number of likely N-dealkylation sites (tertiary alicyclic amines) is 1. The maximum atomic E-state index is 12.4. The van der Waals surface area contributed by atoms with Crippen LogP contribution in [0.3, 0.4) is 0 Å². The summed E-state index contributed by atoms with van der Waals surface area (Å²) in [6.45, 7) is 13.2. The van der Waals surface area contributed by atoms with Crippen molar-refractivity contribution in [2.45, 2.75) is 80.1 Å². The molecule has 1 unspecified atom stereocenters. The van der Waals surface area contributed by atoms with Gasteiger partial charge >= 0.3 is 0 Å². The lowest BCUT2D eigenvalue weighted by Gasteiger charge is -2.24. The van der Waals surface area contributed by atoms with Gasteiger partial charge in [-0.2, -0.15) is 0 Å². The molecule has 194 valence electrons. The fourth-order valence-corrected chi connectivity index (χ4v) is 3.63. The third-order valence-corrected chi connectivity index (χ3v) is 5.59. The zero-order chi connectivity index (χ0) is 25.9. The van der Waals surface area contributed by atoms with Gasteiger partial charge in [-0.25, -0.2) is 0 Å². The Bertz CT molecular complexity index is 736. The first-order valence-corrected chi connectivity index (χ1v) is 12.2. The lowest BCUT2D eigenvalue weighted by Crippen LogP contribution is -2.37. The Morgan fingerprint density at radius 2 is 1.56 bits per heavy atom. The highest BCUT2D eigenvalue weighted by molar-refractivity contribution is 6.04. The summed E-state index contributed by atoms with van der Waals surface area (Å²) in [5.74, 6) is -0.955. The summed E-state index contributed by atoms with van der Waals surface area (Å²) in [5, 5.41) is 5.52. The summed E-state index contributed by atoms with van der Waals surface area (Å²) < 4.78 is 5.39. The van der Waals surface area contributed by atoms with Crippen LogP contribution in [0.15, 0.2) is 0 Å². The number of carbonyl (C=O) groups is 5. The van der Waals surface area contributed by atoms with E-state index in [0.29, 0.717) is 32.4 Å². The van der Waals surface area contributed by atoms with E-state index >= 15 is 0 Å². The number of Topliss-reactive ketones (excluding diaryl/α,β-unsaturated/α-hetero) is 1. The van der Waals surface area contributed by atoms with Gasteiger partial charge in [0.05, 0.1) is 19.1 Å². The average molecular weight is 482 g/mol. The highest BCUT2D eigenvalue weighted by atomic mass is 16.5. The van der Waals surface area contributed by atoms with Gasteiger partial charge in [-0.05, 0) is 17.3 Å². The highest BCUT2D eigenvalue weighted by Gasteiger charge is 2.44. The number of imide groups is 1. The normalized spacial score (nSPS) is 16.6. The second-order valence-electron chi connectivity index (χ2n) is 11.2. The Balaban J connectivity index is 2.07. The van der Waals surface area contributed by atoms with E-state index in [1.807, 2.05) is 41.5 Å². The van der Waals surface area contributed by atoms with Crippen LogP contribution in [-0.2, 0) is 28.7 Å². The zero-order valence-corrected chi connectivity index (χ0v) is 21.8. The Hall–Kier alpha value is -2.29. The molecule has 1 atom stereocenters. The molecule has 9 heteroatoms. The van der Waals surface area contributed by atoms with Crippen LogP contribution >= 0.6 is 0 Å². The van der Waals surface area contributed by atoms with E-state index in [4.69, 9.17) is 4.74 Å². The molecule has 1 heterocycles. The number of nitrogens with one attached hydrogen (secondary N) is 2. The summed E-state index contributed by atoms with van der Waals surface area (Å²) in [5.41, 5.74) is -0.344. The molecule has 34 heavy (non-hydrogen) atoms. The smallest absolute Gasteiger partial charge is 0.233 e. The van der Waals surface area contributed by atoms with E-state index < -0.39 is 0 Å². The molecule has 2 N–H and O–H groups in total. The summed E-state index contributed by atoms with van der Waals surface area (Å²) in [4.78, 5) is 61.4. The van der Waals surface area contributed by atoms with E-state index in [0.717, 1.165) is 0 Å². The number of nitrogens with zero attached hydrogens (tertiary/aromatic N) is 1. The first kappa shape index (κ1) is 29.7. The van der Waals surface area contributed by atoms with Crippen LogP contribution in [0.5, 0.6) is 0 Å². The number of amides is 4. The fourth-order valence-electron chi connectivity index (χ4n) is 3.63. The second kappa shape index (κ2) is 13.6. The highest BCUT2D eigenvalue weighted by Crippen LogP contribution is 2.35. The molecule has 9 nitrogen and oxygen atoms in total. The van der Waals surface area contributed by atoms with Crippen LogP contribution in [0.4, 0.5) is 0 Å². The van der Waals surface area contributed by atoms with Gasteiger partial charge in [0.1, 0.15) is 5.78 Å². The van der Waals surface area contributed by atoms with Gasteiger partial charge < -0.3 is 15.4 Å². The van der Waals surface area contributed by atoms with Crippen molar-refractivity contribution in [1.82, 2.24) is 15.5 Å². The first-order valence-electron chi connectivity index (χ1n) is 12.2. The Kier molecular flexibility index (Phi) is 11.9. The summed E-state index contributed by atoms with van der Waals surface area (Å²) >= 11 is 0. The molecule has 0 aromatic rings. The maximum absolute atomic E-state index is 12.4. The van der Waals surface area contributed by atoms with Gasteiger partial charge in [0.25, 0.3) is 0 Å². The molecule has 1 aliphatic rings. The minimum Gasteiger partial charge on any atom is -0.379 e. The molecule has 1 aliphatic heterocycles. The van der Waals surface area contributed by atoms with E-state index in [1.54, 1.807) is 0 Å². The van der Waals surface area contributed by atoms with Crippen LogP contribution < -0.4 is 10.6 Å². The number of rotatable bonds is 14. The van der Waals surface area contributed by atoms with Crippen molar-refractivity contribution in [3.05, 3.63) is 0 Å². The number of ketones is 1. The number of hydrogen-bond donors (Lipinski definition) is 2. The molecular formula is C25H43N3O6. The molecule has 0 radical (unpaired) electrons. The van der Waals surface area contributed by atoms with Crippen molar-refractivity contribution < 1.29 is 28.7 Å². The summed E-state index contributed by atoms with van der Waals surface area (Å²) in [7, 11) is 0. The molecule has 0 aromatic heterocycles. The van der Waals surface area contributed by atoms with Crippen LogP contribution in [0.25, 0.3) is 0 Å². The van der Waals surface area contributed by atoms with Gasteiger partial charge in [-0.3, -0.25) is 28.9 Å².